The molecule has 0 spiro atoms. The standard InChI is InChI=1S/C8H12O7.3Na/c1-2-3-4(9)8(5(10)11,6(12)13)7(14)15;;;/h4,9H,2-3H2,1H3,(H,10,11)(H,12,13)(H,14,15);;;/q;3*+1/p-3. The van der Waals surface area contributed by atoms with Crippen molar-refractivity contribution in [2.45, 2.75) is 25.9 Å². The quantitative estimate of drug-likeness (QED) is 0.377. The zero-order valence-electron chi connectivity index (χ0n) is 10.9. The van der Waals surface area contributed by atoms with Gasteiger partial charge in [-0.15, -0.1) is 0 Å². The smallest absolute Gasteiger partial charge is 0.549 e. The molecule has 0 radical (unpaired) electrons. The van der Waals surface area contributed by atoms with Crippen LogP contribution in [0.4, 0.5) is 0 Å². The van der Waals surface area contributed by atoms with Gasteiger partial charge in [0, 0.05) is 0 Å². The van der Waals surface area contributed by atoms with E-state index in [1.165, 1.54) is 6.92 Å². The molecule has 0 aromatic rings. The molecule has 0 aromatic carbocycles. The molecule has 0 heterocycles. The van der Waals surface area contributed by atoms with Crippen molar-refractivity contribution in [1.29, 1.82) is 0 Å². The third kappa shape index (κ3) is 5.78. The zero-order valence-corrected chi connectivity index (χ0v) is 16.9. The van der Waals surface area contributed by atoms with Crippen molar-refractivity contribution in [2.24, 2.45) is 5.41 Å². The van der Waals surface area contributed by atoms with Gasteiger partial charge in [0.2, 0.25) is 0 Å². The first-order valence-electron chi connectivity index (χ1n) is 4.14. The Labute approximate surface area is 170 Å². The minimum atomic E-state index is -3.52. The van der Waals surface area contributed by atoms with Crippen LogP contribution in [0.15, 0.2) is 0 Å². The average molecular weight is 286 g/mol. The molecule has 7 nitrogen and oxygen atoms in total. The summed E-state index contributed by atoms with van der Waals surface area (Å²) in [6, 6.07) is 0. The van der Waals surface area contributed by atoms with Crippen LogP contribution in [-0.4, -0.2) is 29.1 Å². The molecule has 0 saturated heterocycles. The van der Waals surface area contributed by atoms with Gasteiger partial charge in [0.25, 0.3) is 0 Å². The van der Waals surface area contributed by atoms with Crippen LogP contribution < -0.4 is 104 Å². The minimum Gasteiger partial charge on any atom is -0.549 e. The maximum Gasteiger partial charge on any atom is 1.00 e. The molecule has 1 atom stereocenters. The Morgan fingerprint density at radius 2 is 1.28 bits per heavy atom. The van der Waals surface area contributed by atoms with Crippen LogP contribution in [0.3, 0.4) is 0 Å². The molecular weight excluding hydrogens is 277 g/mol. The molecule has 0 bridgehead atoms. The zero-order chi connectivity index (χ0) is 12.2. The molecule has 86 valence electrons. The summed E-state index contributed by atoms with van der Waals surface area (Å²) in [4.78, 5) is 31.5. The van der Waals surface area contributed by atoms with Gasteiger partial charge in [-0.25, -0.2) is 0 Å². The molecule has 1 unspecified atom stereocenters. The molecule has 0 saturated carbocycles. The van der Waals surface area contributed by atoms with E-state index in [0.717, 1.165) is 0 Å². The largest absolute Gasteiger partial charge is 1.00 e. The first kappa shape index (κ1) is 27.7. The number of carbonyl (C=O) groups is 3. The van der Waals surface area contributed by atoms with E-state index in [1.807, 2.05) is 0 Å². The maximum atomic E-state index is 10.5. The molecule has 0 aliphatic carbocycles. The molecule has 18 heavy (non-hydrogen) atoms. The molecule has 0 aliphatic heterocycles. The SMILES string of the molecule is CCCC(O)C(C(=O)[O-])(C(=O)[O-])C(=O)[O-].[Na+].[Na+].[Na+]. The van der Waals surface area contributed by atoms with E-state index < -0.39 is 29.4 Å². The van der Waals surface area contributed by atoms with Crippen LogP contribution in [0.2, 0.25) is 0 Å². The van der Waals surface area contributed by atoms with E-state index in [2.05, 4.69) is 0 Å². The topological polar surface area (TPSA) is 141 Å². The first-order valence-corrected chi connectivity index (χ1v) is 4.14. The van der Waals surface area contributed by atoms with Crippen LogP contribution in [0.25, 0.3) is 0 Å². The van der Waals surface area contributed by atoms with E-state index in [1.54, 1.807) is 0 Å². The Hall–Kier alpha value is 1.37. The summed E-state index contributed by atoms with van der Waals surface area (Å²) < 4.78 is 0. The molecule has 1 N–H and O–H groups in total. The molecule has 0 aliphatic rings. The molecular formula is C8H9Na3O7. The average Bonchev–Trinajstić information content (AvgIpc) is 2.02. The second kappa shape index (κ2) is 12.1. The summed E-state index contributed by atoms with van der Waals surface area (Å²) >= 11 is 0. The minimum absolute atomic E-state index is 0. The van der Waals surface area contributed by atoms with Gasteiger partial charge >= 0.3 is 88.7 Å². The van der Waals surface area contributed by atoms with Crippen LogP contribution >= 0.6 is 0 Å². The van der Waals surface area contributed by atoms with E-state index in [9.17, 15) is 34.8 Å². The fraction of sp³-hybridized carbons (Fsp3) is 0.625. The van der Waals surface area contributed by atoms with Crippen LogP contribution in [0.1, 0.15) is 19.8 Å². The summed E-state index contributed by atoms with van der Waals surface area (Å²) in [5, 5.41) is 40.7. The molecule has 0 rings (SSSR count). The maximum absolute atomic E-state index is 10.5. The monoisotopic (exact) mass is 286 g/mol. The summed E-state index contributed by atoms with van der Waals surface area (Å²) in [5.74, 6) is -7.37. The molecule has 0 fully saturated rings. The molecule has 0 aromatic heterocycles. The van der Waals surface area contributed by atoms with E-state index in [-0.39, 0.29) is 102 Å². The number of hydrogen-bond donors (Lipinski definition) is 1. The second-order valence-corrected chi connectivity index (χ2v) is 2.97. The fourth-order valence-electron chi connectivity index (χ4n) is 1.15. The number of rotatable bonds is 6. The number of aliphatic carboxylic acids is 3. The number of carbonyl (C=O) groups excluding carboxylic acids is 3. The third-order valence-corrected chi connectivity index (χ3v) is 2.03. The Bertz CT molecular complexity index is 258. The number of aliphatic hydroxyl groups excluding tert-OH is 1. The van der Waals surface area contributed by atoms with Crippen LogP contribution in [-0.2, 0) is 14.4 Å². The van der Waals surface area contributed by atoms with Gasteiger partial charge in [0.15, 0.2) is 0 Å². The van der Waals surface area contributed by atoms with Gasteiger partial charge < -0.3 is 34.8 Å². The van der Waals surface area contributed by atoms with Crippen molar-refractivity contribution in [3.8, 4) is 0 Å². The summed E-state index contributed by atoms with van der Waals surface area (Å²) in [6.07, 6.45) is -2.30. The van der Waals surface area contributed by atoms with Crippen molar-refractivity contribution in [3.05, 3.63) is 0 Å². The van der Waals surface area contributed by atoms with Crippen LogP contribution in [0, 0.1) is 5.41 Å². The first-order chi connectivity index (χ1) is 6.81. The number of hydrogen-bond acceptors (Lipinski definition) is 7. The third-order valence-electron chi connectivity index (χ3n) is 2.03. The van der Waals surface area contributed by atoms with Gasteiger partial charge in [0.1, 0.15) is 5.41 Å². The summed E-state index contributed by atoms with van der Waals surface area (Å²) in [7, 11) is 0. The van der Waals surface area contributed by atoms with Crippen molar-refractivity contribution in [2.75, 3.05) is 0 Å². The van der Waals surface area contributed by atoms with Gasteiger partial charge in [-0.3, -0.25) is 0 Å². The molecule has 0 amide bonds. The predicted molar refractivity (Wildman–Crippen MR) is 38.4 cm³/mol. The van der Waals surface area contributed by atoms with E-state index in [0.29, 0.717) is 0 Å². The van der Waals surface area contributed by atoms with E-state index >= 15 is 0 Å². The Kier molecular flexibility index (Phi) is 18.7. The second-order valence-electron chi connectivity index (χ2n) is 2.97. The summed E-state index contributed by atoms with van der Waals surface area (Å²) in [6.45, 7) is 1.51. The van der Waals surface area contributed by atoms with Crippen molar-refractivity contribution in [3.63, 3.8) is 0 Å². The Morgan fingerprint density at radius 1 is 1.00 bits per heavy atom. The van der Waals surface area contributed by atoms with Gasteiger partial charge in [-0.05, 0) is 6.42 Å². The fourth-order valence-corrected chi connectivity index (χ4v) is 1.15. The Balaban J connectivity index is -0.000000327. The van der Waals surface area contributed by atoms with Crippen molar-refractivity contribution < 1.29 is 123 Å². The van der Waals surface area contributed by atoms with Gasteiger partial charge in [-0.2, -0.15) is 0 Å². The normalized spacial score (nSPS) is 11.0. The molecule has 10 heteroatoms. The van der Waals surface area contributed by atoms with Crippen molar-refractivity contribution >= 4 is 17.9 Å². The van der Waals surface area contributed by atoms with Crippen molar-refractivity contribution in [1.82, 2.24) is 0 Å². The predicted octanol–water partition coefficient (Wildman–Crippen LogP) is -13.6. The number of carboxylic acid groups (broad SMARTS) is 3. The van der Waals surface area contributed by atoms with Crippen LogP contribution in [0.5, 0.6) is 0 Å². The number of carboxylic acids is 3. The Morgan fingerprint density at radius 3 is 1.44 bits per heavy atom. The van der Waals surface area contributed by atoms with Gasteiger partial charge in [0.05, 0.1) is 24.0 Å². The summed E-state index contributed by atoms with van der Waals surface area (Å²) in [5.41, 5.74) is -3.52. The van der Waals surface area contributed by atoms with E-state index in [4.69, 9.17) is 0 Å². The van der Waals surface area contributed by atoms with Gasteiger partial charge in [-0.1, -0.05) is 13.3 Å². The number of aliphatic hydroxyl groups is 1.